The second-order valence-corrected chi connectivity index (χ2v) is 4.54. The molecule has 0 fully saturated rings. The number of fused-ring (bicyclic) bond motifs is 1. The highest BCUT2D eigenvalue weighted by Gasteiger charge is 2.09. The Morgan fingerprint density at radius 3 is 2.81 bits per heavy atom. The molecule has 0 atom stereocenters. The van der Waals surface area contributed by atoms with Gasteiger partial charge in [-0.3, -0.25) is 4.40 Å². The maximum absolute atomic E-state index is 13.0. The van der Waals surface area contributed by atoms with Crippen molar-refractivity contribution in [2.24, 2.45) is 0 Å². The summed E-state index contributed by atoms with van der Waals surface area (Å²) in [5.41, 5.74) is 2.52. The van der Waals surface area contributed by atoms with Gasteiger partial charge in [-0.1, -0.05) is 0 Å². The molecule has 0 saturated carbocycles. The van der Waals surface area contributed by atoms with Crippen molar-refractivity contribution in [1.29, 1.82) is 0 Å². The predicted octanol–water partition coefficient (Wildman–Crippen LogP) is 2.59. The van der Waals surface area contributed by atoms with Crippen LogP contribution in [0.3, 0.4) is 0 Å². The minimum absolute atomic E-state index is 0.254. The van der Waals surface area contributed by atoms with Crippen molar-refractivity contribution in [2.75, 3.05) is 25.6 Å². The maximum Gasteiger partial charge on any atom is 0.180 e. The highest BCUT2D eigenvalue weighted by molar-refractivity contribution is 5.70. The lowest BCUT2D eigenvalue weighted by molar-refractivity contribution is 0.210. The summed E-state index contributed by atoms with van der Waals surface area (Å²) in [7, 11) is 1.65. The van der Waals surface area contributed by atoms with Crippen LogP contribution in [-0.2, 0) is 4.74 Å². The van der Waals surface area contributed by atoms with E-state index in [-0.39, 0.29) is 5.82 Å². The fourth-order valence-corrected chi connectivity index (χ4v) is 2.15. The number of halogens is 1. The lowest BCUT2D eigenvalue weighted by Gasteiger charge is -2.07. The Balaban J connectivity index is 1.98. The number of rotatable bonds is 5. The van der Waals surface area contributed by atoms with Crippen molar-refractivity contribution >= 4 is 11.5 Å². The van der Waals surface area contributed by atoms with Gasteiger partial charge in [0.05, 0.1) is 18.5 Å². The van der Waals surface area contributed by atoms with Crippen molar-refractivity contribution in [3.63, 3.8) is 0 Å². The topological polar surface area (TPSA) is 51.5 Å². The van der Waals surface area contributed by atoms with E-state index in [1.807, 2.05) is 10.6 Å². The van der Waals surface area contributed by atoms with E-state index in [9.17, 15) is 4.39 Å². The van der Waals surface area contributed by atoms with E-state index in [4.69, 9.17) is 4.74 Å². The Bertz CT molecular complexity index is 739. The van der Waals surface area contributed by atoms with Crippen molar-refractivity contribution in [3.8, 4) is 11.3 Å². The van der Waals surface area contributed by atoms with Crippen molar-refractivity contribution < 1.29 is 9.13 Å². The number of nitrogens with one attached hydrogen (secondary N) is 1. The number of methoxy groups -OCH3 is 1. The molecule has 0 saturated heterocycles. The third kappa shape index (κ3) is 2.71. The van der Waals surface area contributed by atoms with Gasteiger partial charge < -0.3 is 10.1 Å². The lowest BCUT2D eigenvalue weighted by atomic mass is 10.2. The first kappa shape index (κ1) is 13.5. The molecule has 0 bridgehead atoms. The molecule has 0 spiro atoms. The second kappa shape index (κ2) is 5.88. The van der Waals surface area contributed by atoms with Gasteiger partial charge in [-0.25, -0.2) is 14.4 Å². The Morgan fingerprint density at radius 1 is 1.24 bits per heavy atom. The third-order valence-corrected chi connectivity index (χ3v) is 3.17. The van der Waals surface area contributed by atoms with Gasteiger partial charge in [0.25, 0.3) is 0 Å². The number of imidazole rings is 1. The molecule has 2 aromatic heterocycles. The van der Waals surface area contributed by atoms with Crippen LogP contribution in [0, 0.1) is 5.82 Å². The fraction of sp³-hybridized carbons (Fsp3) is 0.200. The fourth-order valence-electron chi connectivity index (χ4n) is 2.15. The van der Waals surface area contributed by atoms with Gasteiger partial charge in [-0.05, 0) is 24.3 Å². The first-order chi connectivity index (χ1) is 10.3. The molecule has 108 valence electrons. The molecule has 1 aromatic carbocycles. The van der Waals surface area contributed by atoms with Crippen LogP contribution in [0.1, 0.15) is 0 Å². The van der Waals surface area contributed by atoms with E-state index in [0.29, 0.717) is 19.0 Å². The lowest BCUT2D eigenvalue weighted by Crippen LogP contribution is -2.10. The Kier molecular flexibility index (Phi) is 3.79. The van der Waals surface area contributed by atoms with Crippen LogP contribution in [0.5, 0.6) is 0 Å². The molecule has 0 aliphatic heterocycles. The van der Waals surface area contributed by atoms with E-state index in [2.05, 4.69) is 15.3 Å². The summed E-state index contributed by atoms with van der Waals surface area (Å²) in [5.74, 6) is 0.444. The number of hydrogen-bond acceptors (Lipinski definition) is 4. The molecule has 1 N–H and O–H groups in total. The number of anilines is 1. The molecule has 5 nitrogen and oxygen atoms in total. The largest absolute Gasteiger partial charge is 0.383 e. The van der Waals surface area contributed by atoms with Crippen molar-refractivity contribution in [1.82, 2.24) is 14.4 Å². The van der Waals surface area contributed by atoms with Crippen LogP contribution in [0.2, 0.25) is 0 Å². The zero-order chi connectivity index (χ0) is 14.7. The Labute approximate surface area is 121 Å². The zero-order valence-corrected chi connectivity index (χ0v) is 11.6. The summed E-state index contributed by atoms with van der Waals surface area (Å²) in [4.78, 5) is 8.69. The van der Waals surface area contributed by atoms with E-state index >= 15 is 0 Å². The smallest absolute Gasteiger partial charge is 0.180 e. The summed E-state index contributed by atoms with van der Waals surface area (Å²) < 4.78 is 20.0. The minimum Gasteiger partial charge on any atom is -0.383 e. The number of benzene rings is 1. The SMILES string of the molecule is COCCNc1nccn2c(-c3ccc(F)cc3)cnc12. The first-order valence-electron chi connectivity index (χ1n) is 6.60. The molecular weight excluding hydrogens is 271 g/mol. The third-order valence-electron chi connectivity index (χ3n) is 3.17. The van der Waals surface area contributed by atoms with Crippen LogP contribution >= 0.6 is 0 Å². The van der Waals surface area contributed by atoms with Gasteiger partial charge in [0, 0.05) is 31.6 Å². The molecule has 0 aliphatic carbocycles. The number of ether oxygens (including phenoxy) is 1. The van der Waals surface area contributed by atoms with Crippen LogP contribution in [-0.4, -0.2) is 34.6 Å². The molecular formula is C15H15FN4O. The molecule has 0 amide bonds. The molecule has 0 aliphatic rings. The number of hydrogen-bond donors (Lipinski definition) is 1. The van der Waals surface area contributed by atoms with Gasteiger partial charge >= 0.3 is 0 Å². The quantitative estimate of drug-likeness (QED) is 0.732. The van der Waals surface area contributed by atoms with E-state index < -0.39 is 0 Å². The molecule has 2 heterocycles. The molecule has 3 rings (SSSR count). The average molecular weight is 286 g/mol. The van der Waals surface area contributed by atoms with Crippen LogP contribution in [0.25, 0.3) is 16.9 Å². The van der Waals surface area contributed by atoms with Crippen LogP contribution in [0.15, 0.2) is 42.9 Å². The second-order valence-electron chi connectivity index (χ2n) is 4.54. The highest BCUT2D eigenvalue weighted by atomic mass is 19.1. The van der Waals surface area contributed by atoms with Gasteiger partial charge in [-0.15, -0.1) is 0 Å². The normalized spacial score (nSPS) is 11.0. The van der Waals surface area contributed by atoms with Gasteiger partial charge in [-0.2, -0.15) is 0 Å². The van der Waals surface area contributed by atoms with Gasteiger partial charge in [0.15, 0.2) is 11.5 Å². The van der Waals surface area contributed by atoms with Crippen molar-refractivity contribution in [3.05, 3.63) is 48.7 Å². The number of aromatic nitrogens is 3. The number of nitrogens with zero attached hydrogens (tertiary/aromatic N) is 3. The highest BCUT2D eigenvalue weighted by Crippen LogP contribution is 2.23. The van der Waals surface area contributed by atoms with Crippen LogP contribution < -0.4 is 5.32 Å². The summed E-state index contributed by atoms with van der Waals surface area (Å²) in [5, 5.41) is 3.18. The van der Waals surface area contributed by atoms with E-state index in [0.717, 1.165) is 16.9 Å². The van der Waals surface area contributed by atoms with Crippen LogP contribution in [0.4, 0.5) is 10.2 Å². The summed E-state index contributed by atoms with van der Waals surface area (Å²) >= 11 is 0. The molecule has 21 heavy (non-hydrogen) atoms. The van der Waals surface area contributed by atoms with E-state index in [1.54, 1.807) is 31.6 Å². The monoisotopic (exact) mass is 286 g/mol. The Hall–Kier alpha value is -2.47. The summed E-state index contributed by atoms with van der Waals surface area (Å²) in [6.45, 7) is 1.25. The van der Waals surface area contributed by atoms with Crippen molar-refractivity contribution in [2.45, 2.75) is 0 Å². The minimum atomic E-state index is -0.254. The Morgan fingerprint density at radius 2 is 2.05 bits per heavy atom. The molecule has 6 heteroatoms. The summed E-state index contributed by atoms with van der Waals surface area (Å²) in [6.07, 6.45) is 5.30. The zero-order valence-electron chi connectivity index (χ0n) is 11.6. The molecule has 0 radical (unpaired) electrons. The first-order valence-corrected chi connectivity index (χ1v) is 6.60. The predicted molar refractivity (Wildman–Crippen MR) is 78.7 cm³/mol. The molecule has 0 unspecified atom stereocenters. The average Bonchev–Trinajstić information content (AvgIpc) is 2.93. The standard InChI is InChI=1S/C15H15FN4O/c1-21-9-7-18-14-15-19-10-13(20(15)8-6-17-14)11-2-4-12(16)5-3-11/h2-6,8,10H,7,9H2,1H3,(H,17,18). The maximum atomic E-state index is 13.0. The molecule has 3 aromatic rings. The van der Waals surface area contributed by atoms with Gasteiger partial charge in [0.2, 0.25) is 0 Å². The van der Waals surface area contributed by atoms with E-state index in [1.165, 1.54) is 12.1 Å². The summed E-state index contributed by atoms with van der Waals surface area (Å²) in [6, 6.07) is 6.34. The van der Waals surface area contributed by atoms with Gasteiger partial charge in [0.1, 0.15) is 5.82 Å².